The fourth-order valence-corrected chi connectivity index (χ4v) is 2.36. The molecular weight excluding hydrogens is 310 g/mol. The summed E-state index contributed by atoms with van der Waals surface area (Å²) in [5.41, 5.74) is 1.11. The Morgan fingerprint density at radius 2 is 2.18 bits per heavy atom. The fraction of sp³-hybridized carbons (Fsp3) is 0.308. The highest BCUT2D eigenvalue weighted by molar-refractivity contribution is 7.85. The van der Waals surface area contributed by atoms with Crippen molar-refractivity contribution < 1.29 is 17.5 Å². The molecule has 22 heavy (non-hydrogen) atoms. The Bertz CT molecular complexity index is 756. The quantitative estimate of drug-likeness (QED) is 0.432. The molecule has 9 heteroatoms. The predicted molar refractivity (Wildman–Crippen MR) is 78.9 cm³/mol. The lowest BCUT2D eigenvalue weighted by molar-refractivity contribution is -0.385. The van der Waals surface area contributed by atoms with E-state index in [1.807, 2.05) is 0 Å². The van der Waals surface area contributed by atoms with E-state index in [1.165, 1.54) is 6.07 Å². The number of aromatic nitrogens is 2. The molecule has 0 spiro atoms. The van der Waals surface area contributed by atoms with Crippen molar-refractivity contribution in [3.63, 3.8) is 0 Å². The van der Waals surface area contributed by atoms with Gasteiger partial charge < -0.3 is 0 Å². The van der Waals surface area contributed by atoms with Gasteiger partial charge in [-0.1, -0.05) is 12.1 Å². The van der Waals surface area contributed by atoms with Gasteiger partial charge in [0, 0.05) is 30.4 Å². The molecule has 8 nitrogen and oxygen atoms in total. The molecule has 0 radical (unpaired) electrons. The number of hydrogen-bond donors (Lipinski definition) is 0. The van der Waals surface area contributed by atoms with Gasteiger partial charge in [0.1, 0.15) is 0 Å². The number of benzene rings is 1. The van der Waals surface area contributed by atoms with Crippen molar-refractivity contribution in [1.82, 2.24) is 9.78 Å². The van der Waals surface area contributed by atoms with Gasteiger partial charge >= 0.3 is 0 Å². The Morgan fingerprint density at radius 1 is 1.41 bits per heavy atom. The topological polar surface area (TPSA) is 104 Å². The summed E-state index contributed by atoms with van der Waals surface area (Å²) in [4.78, 5) is 10.7. The van der Waals surface area contributed by atoms with Crippen LogP contribution in [0.3, 0.4) is 0 Å². The van der Waals surface area contributed by atoms with Crippen LogP contribution in [0, 0.1) is 10.1 Å². The highest BCUT2D eigenvalue weighted by Crippen LogP contribution is 2.21. The standard InChI is InChI=1S/C13H15N3O5S/c1-22(19,20)21-8-5-12-4-3-11(9-13(12)16(17)18)10-15-7-2-6-14-15/h2-4,6-7,9H,5,8,10H2,1H3. The molecular formula is C13H15N3O5S. The van der Waals surface area contributed by atoms with E-state index < -0.39 is 15.0 Å². The summed E-state index contributed by atoms with van der Waals surface area (Å²) < 4.78 is 28.1. The predicted octanol–water partition coefficient (Wildman–Crippen LogP) is 1.36. The first kappa shape index (κ1) is 16.1. The molecule has 118 valence electrons. The maximum Gasteiger partial charge on any atom is 0.273 e. The van der Waals surface area contributed by atoms with Gasteiger partial charge in [0.05, 0.1) is 24.3 Å². The first-order chi connectivity index (χ1) is 10.3. The molecule has 1 aromatic heterocycles. The van der Waals surface area contributed by atoms with Crippen molar-refractivity contribution in [2.75, 3.05) is 12.9 Å². The molecule has 0 aliphatic heterocycles. The van der Waals surface area contributed by atoms with Crippen LogP contribution in [-0.4, -0.2) is 36.0 Å². The second-order valence-corrected chi connectivity index (χ2v) is 6.34. The lowest BCUT2D eigenvalue weighted by Crippen LogP contribution is -2.08. The van der Waals surface area contributed by atoms with Gasteiger partial charge in [0.15, 0.2) is 0 Å². The third-order valence-corrected chi connectivity index (χ3v) is 3.51. The summed E-state index contributed by atoms with van der Waals surface area (Å²) >= 11 is 0. The zero-order valence-electron chi connectivity index (χ0n) is 11.9. The average molecular weight is 325 g/mol. The molecule has 2 aromatic rings. The van der Waals surface area contributed by atoms with E-state index in [9.17, 15) is 18.5 Å². The lowest BCUT2D eigenvalue weighted by Gasteiger charge is -2.06. The number of nitrogens with zero attached hydrogens (tertiary/aromatic N) is 3. The van der Waals surface area contributed by atoms with Gasteiger partial charge in [-0.2, -0.15) is 13.5 Å². The molecule has 0 aliphatic rings. The van der Waals surface area contributed by atoms with Crippen LogP contribution in [-0.2, 0) is 27.3 Å². The number of nitro benzene ring substituents is 1. The largest absolute Gasteiger partial charge is 0.273 e. The molecule has 0 unspecified atom stereocenters. The third kappa shape index (κ3) is 4.64. The molecule has 0 aliphatic carbocycles. The van der Waals surface area contributed by atoms with Crippen molar-refractivity contribution in [2.45, 2.75) is 13.0 Å². The molecule has 0 N–H and O–H groups in total. The Labute approximate surface area is 127 Å². The molecule has 0 bridgehead atoms. The molecule has 0 saturated carbocycles. The van der Waals surface area contributed by atoms with E-state index in [0.717, 1.165) is 11.8 Å². The van der Waals surface area contributed by atoms with E-state index in [4.69, 9.17) is 0 Å². The molecule has 1 aromatic carbocycles. The van der Waals surface area contributed by atoms with E-state index in [1.54, 1.807) is 35.3 Å². The highest BCUT2D eigenvalue weighted by Gasteiger charge is 2.15. The molecule has 1 heterocycles. The molecule has 2 rings (SSSR count). The van der Waals surface area contributed by atoms with Crippen molar-refractivity contribution in [2.24, 2.45) is 0 Å². The minimum atomic E-state index is -3.55. The van der Waals surface area contributed by atoms with Crippen LogP contribution in [0.5, 0.6) is 0 Å². The first-order valence-electron chi connectivity index (χ1n) is 6.43. The maximum absolute atomic E-state index is 11.2. The summed E-state index contributed by atoms with van der Waals surface area (Å²) in [6.07, 6.45) is 4.48. The van der Waals surface area contributed by atoms with Gasteiger partial charge in [-0.15, -0.1) is 0 Å². The van der Waals surface area contributed by atoms with Crippen molar-refractivity contribution >= 4 is 15.8 Å². The summed E-state index contributed by atoms with van der Waals surface area (Å²) in [7, 11) is -3.55. The maximum atomic E-state index is 11.2. The van der Waals surface area contributed by atoms with E-state index >= 15 is 0 Å². The van der Waals surface area contributed by atoms with Crippen LogP contribution in [0.15, 0.2) is 36.7 Å². The van der Waals surface area contributed by atoms with Gasteiger partial charge in [0.2, 0.25) is 0 Å². The second kappa shape index (κ2) is 6.67. The number of rotatable bonds is 7. The fourth-order valence-electron chi connectivity index (χ4n) is 1.97. The Balaban J connectivity index is 2.15. The normalized spacial score (nSPS) is 11.5. The van der Waals surface area contributed by atoms with Crippen molar-refractivity contribution in [1.29, 1.82) is 0 Å². The van der Waals surface area contributed by atoms with E-state index in [0.29, 0.717) is 12.1 Å². The van der Waals surface area contributed by atoms with Crippen LogP contribution < -0.4 is 0 Å². The molecule has 0 amide bonds. The Hall–Kier alpha value is -2.26. The number of nitro groups is 1. The summed E-state index contributed by atoms with van der Waals surface area (Å²) in [6.45, 7) is 0.298. The van der Waals surface area contributed by atoms with Gasteiger partial charge in [0.25, 0.3) is 15.8 Å². The summed E-state index contributed by atoms with van der Waals surface area (Å²) in [6, 6.07) is 6.61. The van der Waals surface area contributed by atoms with Gasteiger partial charge in [-0.3, -0.25) is 19.0 Å². The van der Waals surface area contributed by atoms with Crippen molar-refractivity contribution in [3.8, 4) is 0 Å². The molecule has 0 atom stereocenters. The molecule has 0 saturated heterocycles. The van der Waals surface area contributed by atoms with Gasteiger partial charge in [-0.05, 0) is 11.6 Å². The van der Waals surface area contributed by atoms with Gasteiger partial charge in [-0.25, -0.2) is 0 Å². The smallest absolute Gasteiger partial charge is 0.270 e. The SMILES string of the molecule is CS(=O)(=O)OCCc1ccc(Cn2cccn2)cc1[N+](=O)[O-]. The summed E-state index contributed by atoms with van der Waals surface area (Å²) in [5, 5.41) is 15.2. The minimum Gasteiger partial charge on any atom is -0.270 e. The molecule has 0 fully saturated rings. The monoisotopic (exact) mass is 325 g/mol. The third-order valence-electron chi connectivity index (χ3n) is 2.92. The van der Waals surface area contributed by atoms with Crippen LogP contribution in [0.25, 0.3) is 0 Å². The Kier molecular flexibility index (Phi) is 4.88. The van der Waals surface area contributed by atoms with E-state index in [-0.39, 0.29) is 18.7 Å². The van der Waals surface area contributed by atoms with Crippen LogP contribution in [0.4, 0.5) is 5.69 Å². The van der Waals surface area contributed by atoms with Crippen LogP contribution >= 0.6 is 0 Å². The minimum absolute atomic E-state index is 0.0539. The highest BCUT2D eigenvalue weighted by atomic mass is 32.2. The van der Waals surface area contributed by atoms with Crippen LogP contribution in [0.1, 0.15) is 11.1 Å². The Morgan fingerprint density at radius 3 is 2.77 bits per heavy atom. The van der Waals surface area contributed by atoms with E-state index in [2.05, 4.69) is 9.28 Å². The average Bonchev–Trinajstić information content (AvgIpc) is 2.91. The second-order valence-electron chi connectivity index (χ2n) is 4.70. The lowest BCUT2D eigenvalue weighted by atomic mass is 10.1. The number of hydrogen-bond acceptors (Lipinski definition) is 6. The summed E-state index contributed by atoms with van der Waals surface area (Å²) in [5.74, 6) is 0. The first-order valence-corrected chi connectivity index (χ1v) is 8.25. The van der Waals surface area contributed by atoms with Crippen LogP contribution in [0.2, 0.25) is 0 Å². The van der Waals surface area contributed by atoms with Crippen molar-refractivity contribution in [3.05, 3.63) is 57.9 Å². The zero-order valence-corrected chi connectivity index (χ0v) is 12.7. The zero-order chi connectivity index (χ0) is 16.2.